The van der Waals surface area contributed by atoms with Gasteiger partial charge in [-0.05, 0) is 18.6 Å². The zero-order valence-electron chi connectivity index (χ0n) is 9.84. The van der Waals surface area contributed by atoms with Crippen molar-refractivity contribution < 1.29 is 9.84 Å². The van der Waals surface area contributed by atoms with Gasteiger partial charge in [-0.15, -0.1) is 0 Å². The normalized spacial score (nSPS) is 12.1. The van der Waals surface area contributed by atoms with E-state index < -0.39 is 6.10 Å². The number of rotatable bonds is 4. The van der Waals surface area contributed by atoms with Crippen LogP contribution in [-0.4, -0.2) is 11.7 Å². The van der Waals surface area contributed by atoms with E-state index in [9.17, 15) is 5.11 Å². The molecule has 0 spiro atoms. The minimum absolute atomic E-state index is 0.596. The van der Waals surface area contributed by atoms with Gasteiger partial charge in [0.2, 0.25) is 0 Å². The van der Waals surface area contributed by atoms with Crippen molar-refractivity contribution in [2.45, 2.75) is 13.0 Å². The summed E-state index contributed by atoms with van der Waals surface area (Å²) in [5.41, 5.74) is 1.68. The molecule has 0 heterocycles. The Morgan fingerprint density at radius 1 is 1.00 bits per heavy atom. The number of hydrogen-bond acceptors (Lipinski definition) is 2. The fraction of sp³-hybridized carbons (Fsp3) is 0.200. The lowest BCUT2D eigenvalue weighted by Gasteiger charge is -2.15. The van der Waals surface area contributed by atoms with E-state index >= 15 is 0 Å². The van der Waals surface area contributed by atoms with Crippen LogP contribution in [0.25, 0.3) is 0 Å². The average molecular weight is 228 g/mol. The van der Waals surface area contributed by atoms with Crippen LogP contribution >= 0.6 is 0 Å². The van der Waals surface area contributed by atoms with Crippen LogP contribution in [0.2, 0.25) is 0 Å². The molecule has 0 amide bonds. The van der Waals surface area contributed by atoms with Gasteiger partial charge in [-0.1, -0.05) is 48.5 Å². The van der Waals surface area contributed by atoms with Gasteiger partial charge in [0.15, 0.2) is 0 Å². The molecule has 0 saturated carbocycles. The first-order valence-electron chi connectivity index (χ1n) is 5.77. The standard InChI is InChI=1S/C15H16O2/c1-2-17-14-11-7-6-10-13(14)15(16)12-8-4-3-5-9-12/h3-11,15-16H,2H2,1H3/t15-/m0/s1. The second-order valence-electron chi connectivity index (χ2n) is 3.78. The molecule has 88 valence electrons. The van der Waals surface area contributed by atoms with Crippen molar-refractivity contribution in [1.29, 1.82) is 0 Å². The molecule has 2 nitrogen and oxygen atoms in total. The third kappa shape index (κ3) is 2.66. The maximum Gasteiger partial charge on any atom is 0.125 e. The molecule has 0 aromatic heterocycles. The van der Waals surface area contributed by atoms with Crippen molar-refractivity contribution in [2.75, 3.05) is 6.61 Å². The molecule has 0 aliphatic heterocycles. The van der Waals surface area contributed by atoms with E-state index in [4.69, 9.17) is 4.74 Å². The molecule has 0 saturated heterocycles. The Balaban J connectivity index is 2.33. The second kappa shape index (κ2) is 5.51. The van der Waals surface area contributed by atoms with Gasteiger partial charge in [0, 0.05) is 5.56 Å². The van der Waals surface area contributed by atoms with Crippen molar-refractivity contribution in [3.8, 4) is 5.75 Å². The van der Waals surface area contributed by atoms with Crippen molar-refractivity contribution in [3.05, 3.63) is 65.7 Å². The Hall–Kier alpha value is -1.80. The van der Waals surface area contributed by atoms with E-state index in [-0.39, 0.29) is 0 Å². The summed E-state index contributed by atoms with van der Waals surface area (Å²) in [5, 5.41) is 10.3. The smallest absolute Gasteiger partial charge is 0.125 e. The van der Waals surface area contributed by atoms with Gasteiger partial charge in [0.05, 0.1) is 6.61 Å². The van der Waals surface area contributed by atoms with E-state index in [0.717, 1.165) is 16.9 Å². The van der Waals surface area contributed by atoms with Crippen LogP contribution in [0, 0.1) is 0 Å². The fourth-order valence-corrected chi connectivity index (χ4v) is 1.81. The Morgan fingerprint density at radius 2 is 1.65 bits per heavy atom. The summed E-state index contributed by atoms with van der Waals surface area (Å²) in [7, 11) is 0. The van der Waals surface area contributed by atoms with E-state index in [2.05, 4.69) is 0 Å². The summed E-state index contributed by atoms with van der Waals surface area (Å²) in [6.07, 6.45) is -0.640. The Kier molecular flexibility index (Phi) is 3.78. The monoisotopic (exact) mass is 228 g/mol. The molecular formula is C15H16O2. The van der Waals surface area contributed by atoms with Gasteiger partial charge in [-0.3, -0.25) is 0 Å². The van der Waals surface area contributed by atoms with Crippen LogP contribution in [0.4, 0.5) is 0 Å². The number of aliphatic hydroxyl groups is 1. The number of ether oxygens (including phenoxy) is 1. The van der Waals surface area contributed by atoms with Crippen LogP contribution in [0.15, 0.2) is 54.6 Å². The summed E-state index contributed by atoms with van der Waals surface area (Å²) in [6.45, 7) is 2.53. The molecule has 0 bridgehead atoms. The van der Waals surface area contributed by atoms with Crippen molar-refractivity contribution in [1.82, 2.24) is 0 Å². The SMILES string of the molecule is CCOc1ccccc1[C@@H](O)c1ccccc1. The van der Waals surface area contributed by atoms with Crippen LogP contribution in [-0.2, 0) is 0 Å². The minimum Gasteiger partial charge on any atom is -0.493 e. The predicted molar refractivity (Wildman–Crippen MR) is 68.1 cm³/mol. The molecule has 0 unspecified atom stereocenters. The highest BCUT2D eigenvalue weighted by Crippen LogP contribution is 2.29. The van der Waals surface area contributed by atoms with Gasteiger partial charge in [0.1, 0.15) is 11.9 Å². The molecule has 2 heteroatoms. The highest BCUT2D eigenvalue weighted by atomic mass is 16.5. The molecule has 1 N–H and O–H groups in total. The first-order valence-corrected chi connectivity index (χ1v) is 5.77. The van der Waals surface area contributed by atoms with Crippen LogP contribution in [0.1, 0.15) is 24.2 Å². The molecule has 17 heavy (non-hydrogen) atoms. The maximum atomic E-state index is 10.3. The summed E-state index contributed by atoms with van der Waals surface area (Å²) in [6, 6.07) is 17.2. The van der Waals surface area contributed by atoms with E-state index in [0.29, 0.717) is 6.61 Å². The van der Waals surface area contributed by atoms with Crippen LogP contribution in [0.5, 0.6) is 5.75 Å². The largest absolute Gasteiger partial charge is 0.493 e. The first kappa shape index (κ1) is 11.7. The van der Waals surface area contributed by atoms with Gasteiger partial charge in [0.25, 0.3) is 0 Å². The Morgan fingerprint density at radius 3 is 2.35 bits per heavy atom. The number of para-hydroxylation sites is 1. The molecule has 0 aliphatic carbocycles. The van der Waals surface area contributed by atoms with Crippen molar-refractivity contribution >= 4 is 0 Å². The average Bonchev–Trinajstić information content (AvgIpc) is 2.40. The predicted octanol–water partition coefficient (Wildman–Crippen LogP) is 3.17. The third-order valence-electron chi connectivity index (χ3n) is 2.63. The molecule has 0 radical (unpaired) electrons. The summed E-state index contributed by atoms with van der Waals surface area (Å²) < 4.78 is 5.52. The molecule has 0 fully saturated rings. The second-order valence-corrected chi connectivity index (χ2v) is 3.78. The molecule has 1 atom stereocenters. The topological polar surface area (TPSA) is 29.5 Å². The Bertz CT molecular complexity index is 465. The molecule has 2 aromatic rings. The lowest BCUT2D eigenvalue weighted by molar-refractivity contribution is 0.212. The summed E-state index contributed by atoms with van der Waals surface area (Å²) in [4.78, 5) is 0. The highest BCUT2D eigenvalue weighted by Gasteiger charge is 2.14. The number of benzene rings is 2. The van der Waals surface area contributed by atoms with Crippen molar-refractivity contribution in [2.24, 2.45) is 0 Å². The number of aliphatic hydroxyl groups excluding tert-OH is 1. The minimum atomic E-state index is -0.640. The summed E-state index contributed by atoms with van der Waals surface area (Å²) >= 11 is 0. The van der Waals surface area contributed by atoms with Crippen LogP contribution < -0.4 is 4.74 Å². The highest BCUT2D eigenvalue weighted by molar-refractivity contribution is 5.40. The number of hydrogen-bond donors (Lipinski definition) is 1. The molecular weight excluding hydrogens is 212 g/mol. The quantitative estimate of drug-likeness (QED) is 0.871. The molecule has 0 aliphatic rings. The van der Waals surface area contributed by atoms with E-state index in [1.807, 2.05) is 61.5 Å². The lowest BCUT2D eigenvalue weighted by Crippen LogP contribution is -2.03. The van der Waals surface area contributed by atoms with E-state index in [1.165, 1.54) is 0 Å². The van der Waals surface area contributed by atoms with Gasteiger partial charge in [-0.2, -0.15) is 0 Å². The van der Waals surface area contributed by atoms with Crippen molar-refractivity contribution in [3.63, 3.8) is 0 Å². The van der Waals surface area contributed by atoms with Gasteiger partial charge in [-0.25, -0.2) is 0 Å². The van der Waals surface area contributed by atoms with Gasteiger partial charge >= 0.3 is 0 Å². The zero-order chi connectivity index (χ0) is 12.1. The Labute approximate surface area is 101 Å². The fourth-order valence-electron chi connectivity index (χ4n) is 1.81. The van der Waals surface area contributed by atoms with E-state index in [1.54, 1.807) is 0 Å². The lowest BCUT2D eigenvalue weighted by atomic mass is 10.0. The van der Waals surface area contributed by atoms with Gasteiger partial charge < -0.3 is 9.84 Å². The third-order valence-corrected chi connectivity index (χ3v) is 2.63. The maximum absolute atomic E-state index is 10.3. The summed E-state index contributed by atoms with van der Waals surface area (Å²) in [5.74, 6) is 0.742. The molecule has 2 rings (SSSR count). The first-order chi connectivity index (χ1) is 8.33. The zero-order valence-corrected chi connectivity index (χ0v) is 9.84. The molecule has 2 aromatic carbocycles. The van der Waals surface area contributed by atoms with Crippen LogP contribution in [0.3, 0.4) is 0 Å².